The second-order valence-electron chi connectivity index (χ2n) is 7.38. The van der Waals surface area contributed by atoms with Crippen LogP contribution in [0, 0.1) is 0 Å². The van der Waals surface area contributed by atoms with Crippen molar-refractivity contribution in [2.24, 2.45) is 11.5 Å². The average molecular weight is 443 g/mol. The van der Waals surface area contributed by atoms with Crippen LogP contribution in [0.1, 0.15) is 45.4 Å². The summed E-state index contributed by atoms with van der Waals surface area (Å²) in [6, 6.07) is -4.60. The molecule has 0 bridgehead atoms. The molecule has 1 fully saturated rings. The molecule has 0 saturated carbocycles. The fourth-order valence-electron chi connectivity index (χ4n) is 3.14. The van der Waals surface area contributed by atoms with E-state index in [1.165, 1.54) is 6.92 Å². The van der Waals surface area contributed by atoms with Crippen LogP contribution < -0.4 is 22.1 Å². The van der Waals surface area contributed by atoms with Crippen LogP contribution in [0.3, 0.4) is 0 Å². The van der Waals surface area contributed by atoms with Gasteiger partial charge in [0.25, 0.3) is 0 Å². The van der Waals surface area contributed by atoms with Crippen LogP contribution >= 0.6 is 0 Å². The van der Waals surface area contributed by atoms with E-state index in [1.807, 2.05) is 0 Å². The van der Waals surface area contributed by atoms with Gasteiger partial charge < -0.3 is 37.2 Å². The number of rotatable bonds is 12. The molecule has 1 aliphatic rings. The third kappa shape index (κ3) is 8.20. The second kappa shape index (κ2) is 11.8. The summed E-state index contributed by atoms with van der Waals surface area (Å²) in [7, 11) is 0. The minimum absolute atomic E-state index is 0.169. The van der Waals surface area contributed by atoms with Crippen molar-refractivity contribution >= 4 is 35.6 Å². The Hall–Kier alpha value is -3.22. The molecule has 4 amide bonds. The molecular weight excluding hydrogens is 414 g/mol. The van der Waals surface area contributed by atoms with Crippen LogP contribution in [0.5, 0.6) is 0 Å². The molecule has 13 heteroatoms. The number of primary amides is 1. The predicted molar refractivity (Wildman–Crippen MR) is 105 cm³/mol. The Morgan fingerprint density at radius 2 is 1.58 bits per heavy atom. The van der Waals surface area contributed by atoms with Gasteiger partial charge in [0.15, 0.2) is 0 Å². The van der Waals surface area contributed by atoms with E-state index in [0.717, 1.165) is 4.90 Å². The van der Waals surface area contributed by atoms with Crippen LogP contribution in [0.25, 0.3) is 0 Å². The summed E-state index contributed by atoms with van der Waals surface area (Å²) >= 11 is 0. The predicted octanol–water partition coefficient (Wildman–Crippen LogP) is -2.49. The molecule has 174 valence electrons. The number of hydrogen-bond acceptors (Lipinski definition) is 7. The summed E-state index contributed by atoms with van der Waals surface area (Å²) in [6.07, 6.45) is -0.430. The SMILES string of the molecule is CC(N)C(=O)NC(CCC(=O)O)C(=O)NC(CCC(N)=O)C(=O)N1CCCC1C(=O)O. The summed E-state index contributed by atoms with van der Waals surface area (Å²) in [5.74, 6) is -5.36. The minimum Gasteiger partial charge on any atom is -0.481 e. The van der Waals surface area contributed by atoms with Crippen molar-refractivity contribution in [1.82, 2.24) is 15.5 Å². The molecule has 0 aliphatic carbocycles. The quantitative estimate of drug-likeness (QED) is 0.187. The van der Waals surface area contributed by atoms with Gasteiger partial charge in [-0.25, -0.2) is 4.79 Å². The summed E-state index contributed by atoms with van der Waals surface area (Å²) in [6.45, 7) is 1.54. The smallest absolute Gasteiger partial charge is 0.326 e. The number of carbonyl (C=O) groups is 6. The van der Waals surface area contributed by atoms with Crippen LogP contribution in [0.15, 0.2) is 0 Å². The number of carboxylic acid groups (broad SMARTS) is 2. The first-order valence-corrected chi connectivity index (χ1v) is 9.83. The molecule has 1 saturated heterocycles. The van der Waals surface area contributed by atoms with E-state index in [2.05, 4.69) is 10.6 Å². The highest BCUT2D eigenvalue weighted by Gasteiger charge is 2.38. The normalized spacial score (nSPS) is 18.5. The molecule has 13 nitrogen and oxygen atoms in total. The number of aliphatic carboxylic acids is 2. The lowest BCUT2D eigenvalue weighted by Gasteiger charge is -2.28. The molecule has 0 aromatic rings. The molecule has 0 aromatic carbocycles. The topological polar surface area (TPSA) is 222 Å². The maximum Gasteiger partial charge on any atom is 0.326 e. The molecule has 1 heterocycles. The average Bonchev–Trinajstić information content (AvgIpc) is 3.17. The van der Waals surface area contributed by atoms with E-state index < -0.39 is 66.2 Å². The number of hydrogen-bond donors (Lipinski definition) is 6. The lowest BCUT2D eigenvalue weighted by Crippen LogP contribution is -2.57. The maximum atomic E-state index is 12.9. The zero-order valence-electron chi connectivity index (χ0n) is 17.2. The van der Waals surface area contributed by atoms with Crippen molar-refractivity contribution in [2.45, 2.75) is 69.6 Å². The van der Waals surface area contributed by atoms with Gasteiger partial charge in [-0.1, -0.05) is 0 Å². The molecule has 4 atom stereocenters. The van der Waals surface area contributed by atoms with Gasteiger partial charge >= 0.3 is 11.9 Å². The molecule has 4 unspecified atom stereocenters. The Morgan fingerprint density at radius 3 is 2.10 bits per heavy atom. The molecule has 8 N–H and O–H groups in total. The molecule has 0 radical (unpaired) electrons. The van der Waals surface area contributed by atoms with Gasteiger partial charge in [-0.2, -0.15) is 0 Å². The van der Waals surface area contributed by atoms with E-state index in [0.29, 0.717) is 6.42 Å². The summed E-state index contributed by atoms with van der Waals surface area (Å²) in [5.41, 5.74) is 10.6. The van der Waals surface area contributed by atoms with Crippen molar-refractivity contribution in [1.29, 1.82) is 0 Å². The van der Waals surface area contributed by atoms with Crippen LogP contribution in [0.4, 0.5) is 0 Å². The fraction of sp³-hybridized carbons (Fsp3) is 0.667. The molecular formula is C18H29N5O8. The number of likely N-dealkylation sites (tertiary alicyclic amines) is 1. The zero-order chi connectivity index (χ0) is 23.7. The second-order valence-corrected chi connectivity index (χ2v) is 7.38. The Morgan fingerprint density at radius 1 is 1.00 bits per heavy atom. The van der Waals surface area contributed by atoms with Crippen molar-refractivity contribution in [2.75, 3.05) is 6.54 Å². The van der Waals surface area contributed by atoms with Gasteiger partial charge in [-0.15, -0.1) is 0 Å². The van der Waals surface area contributed by atoms with E-state index in [4.69, 9.17) is 16.6 Å². The number of nitrogens with two attached hydrogens (primary N) is 2. The monoisotopic (exact) mass is 443 g/mol. The van der Waals surface area contributed by atoms with Gasteiger partial charge in [-0.3, -0.25) is 24.0 Å². The van der Waals surface area contributed by atoms with E-state index >= 15 is 0 Å². The number of carbonyl (C=O) groups excluding carboxylic acids is 4. The van der Waals surface area contributed by atoms with Crippen molar-refractivity contribution in [3.8, 4) is 0 Å². The van der Waals surface area contributed by atoms with Crippen LogP contribution in [-0.2, 0) is 28.8 Å². The van der Waals surface area contributed by atoms with Gasteiger partial charge in [0.2, 0.25) is 23.6 Å². The zero-order valence-corrected chi connectivity index (χ0v) is 17.2. The van der Waals surface area contributed by atoms with Gasteiger partial charge in [0.05, 0.1) is 6.04 Å². The largest absolute Gasteiger partial charge is 0.481 e. The van der Waals surface area contributed by atoms with Crippen molar-refractivity contribution in [3.63, 3.8) is 0 Å². The van der Waals surface area contributed by atoms with Gasteiger partial charge in [0, 0.05) is 19.4 Å². The van der Waals surface area contributed by atoms with Crippen LogP contribution in [-0.4, -0.2) is 81.4 Å². The van der Waals surface area contributed by atoms with Crippen LogP contribution in [0.2, 0.25) is 0 Å². The van der Waals surface area contributed by atoms with Gasteiger partial charge in [0.1, 0.15) is 18.1 Å². The first-order valence-electron chi connectivity index (χ1n) is 9.83. The highest BCUT2D eigenvalue weighted by atomic mass is 16.4. The molecule has 0 spiro atoms. The first kappa shape index (κ1) is 25.8. The molecule has 0 aromatic heterocycles. The lowest BCUT2D eigenvalue weighted by molar-refractivity contribution is -0.149. The lowest BCUT2D eigenvalue weighted by atomic mass is 10.1. The summed E-state index contributed by atoms with van der Waals surface area (Å²) in [5, 5.41) is 22.9. The Balaban J connectivity index is 3.02. The Bertz CT molecular complexity index is 726. The third-order valence-electron chi connectivity index (χ3n) is 4.81. The number of nitrogens with zero attached hydrogens (tertiary/aromatic N) is 1. The van der Waals surface area contributed by atoms with E-state index in [1.54, 1.807) is 0 Å². The molecule has 31 heavy (non-hydrogen) atoms. The Labute approximate surface area is 178 Å². The maximum absolute atomic E-state index is 12.9. The number of nitrogens with one attached hydrogen (secondary N) is 2. The van der Waals surface area contributed by atoms with E-state index in [-0.39, 0.29) is 32.2 Å². The molecule has 1 aliphatic heterocycles. The standard InChI is InChI=1S/C18H29N5O8/c1-9(19)15(27)21-10(5-7-14(25)26)16(28)22-11(4-6-13(20)24)17(29)23-8-2-3-12(23)18(30)31/h9-12H,2-8,19H2,1H3,(H2,20,24)(H,21,27)(H,22,28)(H,25,26)(H,30,31). The fourth-order valence-corrected chi connectivity index (χ4v) is 3.14. The Kier molecular flexibility index (Phi) is 9.86. The van der Waals surface area contributed by atoms with Crippen molar-refractivity contribution < 1.29 is 39.0 Å². The summed E-state index contributed by atoms with van der Waals surface area (Å²) in [4.78, 5) is 72.2. The summed E-state index contributed by atoms with van der Waals surface area (Å²) < 4.78 is 0. The third-order valence-corrected chi connectivity index (χ3v) is 4.81. The highest BCUT2D eigenvalue weighted by Crippen LogP contribution is 2.19. The number of amides is 4. The number of carboxylic acids is 2. The van der Waals surface area contributed by atoms with E-state index in [9.17, 15) is 33.9 Å². The minimum atomic E-state index is -1.30. The molecule has 1 rings (SSSR count). The first-order chi connectivity index (χ1) is 14.4. The van der Waals surface area contributed by atoms with Crippen molar-refractivity contribution in [3.05, 3.63) is 0 Å². The highest BCUT2D eigenvalue weighted by molar-refractivity contribution is 5.94. The van der Waals surface area contributed by atoms with Gasteiger partial charge in [-0.05, 0) is 32.6 Å².